The van der Waals surface area contributed by atoms with Crippen LogP contribution in [-0.4, -0.2) is 65.3 Å². The molecule has 0 aromatic heterocycles. The third-order valence-electron chi connectivity index (χ3n) is 5.48. The molecule has 2 fully saturated rings. The van der Waals surface area contributed by atoms with Crippen LogP contribution in [0.3, 0.4) is 0 Å². The summed E-state index contributed by atoms with van der Waals surface area (Å²) >= 11 is 0. The highest BCUT2D eigenvalue weighted by molar-refractivity contribution is 7.72. The number of benzene rings is 1. The van der Waals surface area contributed by atoms with Crippen LogP contribution in [0.2, 0.25) is 39.3 Å². The van der Waals surface area contributed by atoms with Crippen LogP contribution in [0, 0.1) is 0 Å². The molecule has 1 unspecified atom stereocenters. The van der Waals surface area contributed by atoms with Crippen molar-refractivity contribution in [3.63, 3.8) is 0 Å². The third-order valence-corrected chi connectivity index (χ3v) is 11.2. The van der Waals surface area contributed by atoms with Gasteiger partial charge in [-0.1, -0.05) is 30.3 Å². The zero-order chi connectivity index (χ0) is 25.6. The summed E-state index contributed by atoms with van der Waals surface area (Å²) in [5.74, 6) is -2.39. The van der Waals surface area contributed by atoms with E-state index in [0.29, 0.717) is 11.9 Å². The zero-order valence-electron chi connectivity index (χ0n) is 22.4. The fourth-order valence-electron chi connectivity index (χ4n) is 4.20. The van der Waals surface area contributed by atoms with Crippen molar-refractivity contribution in [2.75, 3.05) is 13.2 Å². The Bertz CT molecular complexity index is 830. The Hall–Kier alpha value is -0.356. The van der Waals surface area contributed by atoms with E-state index in [4.69, 9.17) is 27.8 Å². The lowest BCUT2D eigenvalue weighted by atomic mass is 10.2. The molecule has 1 aromatic rings. The Labute approximate surface area is 207 Å². The maximum atomic E-state index is 15.7. The molecule has 5 atom stereocenters. The fraction of sp³-hybridized carbons (Fsp3) is 0.750. The molecular weight excluding hydrogens is 487 g/mol. The minimum Gasteiger partial charge on any atom is -0.405 e. The van der Waals surface area contributed by atoms with Crippen molar-refractivity contribution in [3.05, 3.63) is 30.3 Å². The molecule has 7 nitrogen and oxygen atoms in total. The normalized spacial score (nSPS) is 28.4. The standard InChI is InChI=1S/C24H43O7PSi2/c1-23(2)17-26-20(29-23)22(31-34(8,9)10)32(25,18-14-12-11-13-15-18)21(30-33(5,6)7)19-16-27-24(3,4)28-19/h11-15,19-22H,16-17H2,1-10H3/t19-,20+,21-,22-,32?/m1/s1. The summed E-state index contributed by atoms with van der Waals surface area (Å²) in [6.07, 6.45) is -1.30. The summed E-state index contributed by atoms with van der Waals surface area (Å²) in [5, 5.41) is 0.673. The van der Waals surface area contributed by atoms with Crippen LogP contribution < -0.4 is 5.30 Å². The molecule has 0 spiro atoms. The van der Waals surface area contributed by atoms with Gasteiger partial charge in [0.05, 0.1) is 18.8 Å². The molecule has 10 heteroatoms. The van der Waals surface area contributed by atoms with Gasteiger partial charge in [-0.15, -0.1) is 0 Å². The molecule has 3 rings (SSSR count). The lowest BCUT2D eigenvalue weighted by Crippen LogP contribution is -2.49. The highest BCUT2D eigenvalue weighted by Crippen LogP contribution is 2.61. The lowest BCUT2D eigenvalue weighted by molar-refractivity contribution is -0.145. The second-order valence-electron chi connectivity index (χ2n) is 12.2. The van der Waals surface area contributed by atoms with E-state index in [0.717, 1.165) is 0 Å². The van der Waals surface area contributed by atoms with Crippen LogP contribution >= 0.6 is 7.14 Å². The van der Waals surface area contributed by atoms with Crippen LogP contribution in [0.4, 0.5) is 0 Å². The van der Waals surface area contributed by atoms with E-state index in [-0.39, 0.29) is 6.61 Å². The smallest absolute Gasteiger partial charge is 0.190 e. The predicted molar refractivity (Wildman–Crippen MR) is 140 cm³/mol. The molecule has 0 saturated carbocycles. The summed E-state index contributed by atoms with van der Waals surface area (Å²) in [7, 11) is -7.91. The van der Waals surface area contributed by atoms with Crippen LogP contribution in [-0.2, 0) is 32.4 Å². The van der Waals surface area contributed by atoms with Gasteiger partial charge in [-0.3, -0.25) is 0 Å². The van der Waals surface area contributed by atoms with Crippen molar-refractivity contribution in [1.29, 1.82) is 0 Å². The number of ether oxygens (including phenoxy) is 4. The zero-order valence-corrected chi connectivity index (χ0v) is 25.3. The Morgan fingerprint density at radius 2 is 1.47 bits per heavy atom. The molecule has 34 heavy (non-hydrogen) atoms. The van der Waals surface area contributed by atoms with Gasteiger partial charge >= 0.3 is 0 Å². The van der Waals surface area contributed by atoms with E-state index in [1.54, 1.807) is 0 Å². The van der Waals surface area contributed by atoms with Crippen LogP contribution in [0.5, 0.6) is 0 Å². The van der Waals surface area contributed by atoms with Gasteiger partial charge in [0.25, 0.3) is 0 Å². The van der Waals surface area contributed by atoms with Crippen molar-refractivity contribution in [1.82, 2.24) is 0 Å². The van der Waals surface area contributed by atoms with E-state index in [2.05, 4.69) is 39.3 Å². The molecule has 2 aliphatic rings. The second kappa shape index (κ2) is 9.84. The summed E-state index contributed by atoms with van der Waals surface area (Å²) in [4.78, 5) is 0. The van der Waals surface area contributed by atoms with Gasteiger partial charge in [-0.2, -0.15) is 0 Å². The quantitative estimate of drug-likeness (QED) is 0.315. The van der Waals surface area contributed by atoms with Gasteiger partial charge in [0.1, 0.15) is 11.9 Å². The van der Waals surface area contributed by atoms with Gasteiger partial charge in [0, 0.05) is 5.30 Å². The molecule has 1 aromatic carbocycles. The number of hydrogen-bond acceptors (Lipinski definition) is 7. The van der Waals surface area contributed by atoms with Crippen LogP contribution in [0.1, 0.15) is 27.7 Å². The molecular formula is C24H43O7PSi2. The molecule has 2 heterocycles. The first-order valence-corrected chi connectivity index (χ1v) is 20.7. The molecule has 194 valence electrons. The van der Waals surface area contributed by atoms with E-state index >= 15 is 4.57 Å². The summed E-state index contributed by atoms with van der Waals surface area (Å²) in [6, 6.07) is 9.50. The van der Waals surface area contributed by atoms with Gasteiger partial charge in [0.15, 0.2) is 41.7 Å². The van der Waals surface area contributed by atoms with E-state index in [1.165, 1.54) is 0 Å². The average Bonchev–Trinajstić information content (AvgIpc) is 3.24. The molecule has 0 aliphatic carbocycles. The fourth-order valence-corrected chi connectivity index (χ4v) is 11.7. The Morgan fingerprint density at radius 1 is 0.912 bits per heavy atom. The number of rotatable bonds is 9. The van der Waals surface area contributed by atoms with Gasteiger partial charge < -0.3 is 32.4 Å². The summed E-state index contributed by atoms with van der Waals surface area (Å²) in [6.45, 7) is 20.9. The van der Waals surface area contributed by atoms with Gasteiger partial charge in [-0.25, -0.2) is 0 Å². The Kier molecular flexibility index (Phi) is 8.16. The average molecular weight is 531 g/mol. The van der Waals surface area contributed by atoms with E-state index in [1.807, 2.05) is 58.0 Å². The molecule has 2 aliphatic heterocycles. The molecule has 0 bridgehead atoms. The Balaban J connectivity index is 2.20. The second-order valence-corrected chi connectivity index (χ2v) is 24.1. The topological polar surface area (TPSA) is 72.5 Å². The highest BCUT2D eigenvalue weighted by Gasteiger charge is 2.57. The van der Waals surface area contributed by atoms with Gasteiger partial charge in [-0.05, 0) is 67.0 Å². The first kappa shape index (κ1) is 28.2. The number of hydrogen-bond donors (Lipinski definition) is 0. The largest absolute Gasteiger partial charge is 0.405 e. The first-order chi connectivity index (χ1) is 15.4. The van der Waals surface area contributed by atoms with Crippen molar-refractivity contribution in [2.45, 2.75) is 102 Å². The summed E-state index contributed by atoms with van der Waals surface area (Å²) < 4.78 is 53.7. The van der Waals surface area contributed by atoms with E-state index < -0.39 is 59.2 Å². The van der Waals surface area contributed by atoms with Crippen LogP contribution in [0.15, 0.2) is 30.3 Å². The van der Waals surface area contributed by atoms with Crippen molar-refractivity contribution < 1.29 is 32.4 Å². The molecule has 0 N–H and O–H groups in total. The third kappa shape index (κ3) is 6.90. The predicted octanol–water partition coefficient (Wildman–Crippen LogP) is 5.33. The monoisotopic (exact) mass is 530 g/mol. The van der Waals surface area contributed by atoms with Crippen molar-refractivity contribution in [3.8, 4) is 0 Å². The van der Waals surface area contributed by atoms with E-state index in [9.17, 15) is 0 Å². The molecule has 2 saturated heterocycles. The first-order valence-electron chi connectivity index (χ1n) is 12.0. The summed E-state index contributed by atoms with van der Waals surface area (Å²) in [5.41, 5.74) is -0.503. The van der Waals surface area contributed by atoms with Crippen LogP contribution in [0.25, 0.3) is 0 Å². The van der Waals surface area contributed by atoms with Gasteiger partial charge in [0.2, 0.25) is 0 Å². The maximum absolute atomic E-state index is 15.7. The SMILES string of the molecule is CC1(C)CO[C@H]([C@H](O[Si](C)(C)C)P(=O)(c2ccccc2)[C@@H](O[Si](C)(C)C)[C@H]2COC(C)(C)O2)O1. The highest BCUT2D eigenvalue weighted by atomic mass is 31.2. The minimum atomic E-state index is -3.53. The Morgan fingerprint density at radius 3 is 1.91 bits per heavy atom. The minimum absolute atomic E-state index is 0.288. The van der Waals surface area contributed by atoms with Crippen molar-refractivity contribution >= 4 is 29.1 Å². The molecule has 0 amide bonds. The van der Waals surface area contributed by atoms with Crippen molar-refractivity contribution in [2.24, 2.45) is 0 Å². The maximum Gasteiger partial charge on any atom is 0.190 e. The lowest BCUT2D eigenvalue weighted by Gasteiger charge is -2.42. The molecule has 0 radical (unpaired) electrons.